The highest BCUT2D eigenvalue weighted by Crippen LogP contribution is 2.28. The molecule has 2 aromatic rings. The quantitative estimate of drug-likeness (QED) is 0.580. The summed E-state index contributed by atoms with van der Waals surface area (Å²) in [5.74, 6) is 0.643. The molecule has 25 heavy (non-hydrogen) atoms. The summed E-state index contributed by atoms with van der Waals surface area (Å²) in [6, 6.07) is 10.8. The first-order valence-corrected chi connectivity index (χ1v) is 8.04. The molecule has 0 saturated heterocycles. The summed E-state index contributed by atoms with van der Waals surface area (Å²) in [5, 5.41) is 16.2. The maximum Gasteiger partial charge on any atom is 0.320 e. The van der Waals surface area contributed by atoms with Crippen LogP contribution < -0.4 is 20.7 Å². The average Bonchev–Trinajstić information content (AvgIpc) is 2.63. The molecule has 0 spiro atoms. The molecule has 0 aliphatic heterocycles. The van der Waals surface area contributed by atoms with Crippen molar-refractivity contribution in [3.05, 3.63) is 47.5 Å². The maximum atomic E-state index is 12.2. The molecular formula is C18H23N5O2. The van der Waals surface area contributed by atoms with Gasteiger partial charge in [-0.2, -0.15) is 4.98 Å². The molecular weight excluding hydrogens is 318 g/mol. The van der Waals surface area contributed by atoms with E-state index in [1.165, 1.54) is 13.3 Å². The molecule has 0 fully saturated rings. The van der Waals surface area contributed by atoms with Crippen molar-refractivity contribution in [3.8, 4) is 5.88 Å². The van der Waals surface area contributed by atoms with Crippen LogP contribution >= 0.6 is 0 Å². The van der Waals surface area contributed by atoms with Crippen LogP contribution in [-0.4, -0.2) is 30.9 Å². The highest BCUT2D eigenvalue weighted by molar-refractivity contribution is 5.93. The smallest absolute Gasteiger partial charge is 0.320 e. The molecule has 1 aromatic carbocycles. The monoisotopic (exact) mass is 341 g/mol. The Hall–Kier alpha value is -3.09. The van der Waals surface area contributed by atoms with Crippen molar-refractivity contribution in [1.29, 1.82) is 5.41 Å². The summed E-state index contributed by atoms with van der Waals surface area (Å²) in [6.45, 7) is 4.51. The Morgan fingerprint density at radius 2 is 2.08 bits per heavy atom. The molecule has 0 aliphatic rings. The molecule has 4 N–H and O–H groups in total. The van der Waals surface area contributed by atoms with E-state index in [0.717, 1.165) is 5.56 Å². The molecule has 7 heteroatoms. The number of ether oxygens (including phenoxy) is 1. The molecule has 132 valence electrons. The van der Waals surface area contributed by atoms with Crippen LogP contribution in [0.3, 0.4) is 0 Å². The Labute approximate surface area is 147 Å². The van der Waals surface area contributed by atoms with Crippen LogP contribution in [0.4, 0.5) is 16.3 Å². The number of amides is 2. The summed E-state index contributed by atoms with van der Waals surface area (Å²) in [4.78, 5) is 16.5. The number of nitrogens with one attached hydrogen (secondary N) is 4. The molecule has 2 amide bonds. The fraction of sp³-hybridized carbons (Fsp3) is 0.278. The van der Waals surface area contributed by atoms with E-state index in [1.54, 1.807) is 6.07 Å². The van der Waals surface area contributed by atoms with Crippen LogP contribution in [-0.2, 0) is 0 Å². The minimum absolute atomic E-state index is 0.147. The zero-order valence-electron chi connectivity index (χ0n) is 14.6. The third kappa shape index (κ3) is 4.69. The average molecular weight is 341 g/mol. The van der Waals surface area contributed by atoms with Crippen molar-refractivity contribution in [3.63, 3.8) is 0 Å². The van der Waals surface area contributed by atoms with Crippen molar-refractivity contribution < 1.29 is 9.53 Å². The molecule has 1 unspecified atom stereocenters. The minimum atomic E-state index is -0.377. The number of anilines is 2. The third-order valence-electron chi connectivity index (χ3n) is 3.61. The molecule has 2 rings (SSSR count). The second kappa shape index (κ2) is 8.68. The summed E-state index contributed by atoms with van der Waals surface area (Å²) < 4.78 is 5.26. The number of pyridine rings is 1. The van der Waals surface area contributed by atoms with Gasteiger partial charge in [-0.3, -0.25) is 5.32 Å². The van der Waals surface area contributed by atoms with Crippen molar-refractivity contribution >= 4 is 23.8 Å². The number of hydrogen-bond donors (Lipinski definition) is 4. The number of urea groups is 1. The number of carbonyl (C=O) groups is 1. The lowest BCUT2D eigenvalue weighted by Gasteiger charge is -2.16. The number of methoxy groups -OCH3 is 1. The molecule has 0 saturated carbocycles. The van der Waals surface area contributed by atoms with Gasteiger partial charge in [0.15, 0.2) is 0 Å². The largest absolute Gasteiger partial charge is 0.479 e. The second-order valence-corrected chi connectivity index (χ2v) is 5.39. The van der Waals surface area contributed by atoms with E-state index in [-0.39, 0.29) is 12.1 Å². The number of rotatable bonds is 7. The van der Waals surface area contributed by atoms with Gasteiger partial charge in [0.1, 0.15) is 11.5 Å². The van der Waals surface area contributed by atoms with Crippen molar-refractivity contribution in [1.82, 2.24) is 10.3 Å². The van der Waals surface area contributed by atoms with E-state index >= 15 is 0 Å². The van der Waals surface area contributed by atoms with E-state index in [1.807, 2.05) is 44.2 Å². The zero-order valence-corrected chi connectivity index (χ0v) is 14.6. The van der Waals surface area contributed by atoms with Gasteiger partial charge >= 0.3 is 6.03 Å². The highest BCUT2D eigenvalue weighted by Gasteiger charge is 2.14. The number of benzene rings is 1. The van der Waals surface area contributed by atoms with Crippen molar-refractivity contribution in [2.24, 2.45) is 0 Å². The Kier molecular flexibility index (Phi) is 6.33. The molecule has 1 heterocycles. The van der Waals surface area contributed by atoms with Crippen LogP contribution in [0.5, 0.6) is 5.88 Å². The van der Waals surface area contributed by atoms with Gasteiger partial charge in [0, 0.05) is 18.3 Å². The first kappa shape index (κ1) is 18.3. The van der Waals surface area contributed by atoms with E-state index in [9.17, 15) is 4.79 Å². The Bertz CT molecular complexity index is 734. The van der Waals surface area contributed by atoms with Crippen LogP contribution in [0.1, 0.15) is 31.0 Å². The van der Waals surface area contributed by atoms with Gasteiger partial charge in [-0.25, -0.2) is 4.79 Å². The van der Waals surface area contributed by atoms with Crippen molar-refractivity contribution in [2.75, 3.05) is 24.3 Å². The van der Waals surface area contributed by atoms with Gasteiger partial charge in [-0.15, -0.1) is 0 Å². The number of carbonyl (C=O) groups excluding carboxylic acids is 1. The molecule has 0 radical (unpaired) electrons. The standard InChI is InChI=1S/C18H23N5O2/c1-4-20-16-14(11-19)10-15(22-17(16)25-3)23-18(24)21-12(2)13-8-6-5-7-9-13/h5-12,19-20H,4H2,1-3H3,(H2,21,22,23,24). The van der Waals surface area contributed by atoms with E-state index in [0.29, 0.717) is 29.5 Å². The number of hydrogen-bond acceptors (Lipinski definition) is 5. The van der Waals surface area contributed by atoms with E-state index in [4.69, 9.17) is 10.1 Å². The fourth-order valence-corrected chi connectivity index (χ4v) is 2.39. The van der Waals surface area contributed by atoms with Gasteiger partial charge in [0.05, 0.1) is 13.2 Å². The van der Waals surface area contributed by atoms with Crippen LogP contribution in [0, 0.1) is 5.41 Å². The molecule has 0 bridgehead atoms. The molecule has 1 aromatic heterocycles. The summed E-state index contributed by atoms with van der Waals surface area (Å²) in [7, 11) is 1.50. The zero-order chi connectivity index (χ0) is 18.2. The lowest BCUT2D eigenvalue weighted by Crippen LogP contribution is -2.31. The van der Waals surface area contributed by atoms with Gasteiger partial charge in [0.2, 0.25) is 5.88 Å². The normalized spacial score (nSPS) is 11.3. The van der Waals surface area contributed by atoms with E-state index < -0.39 is 0 Å². The Morgan fingerprint density at radius 3 is 2.68 bits per heavy atom. The fourth-order valence-electron chi connectivity index (χ4n) is 2.39. The van der Waals surface area contributed by atoms with Gasteiger partial charge in [0.25, 0.3) is 0 Å². The highest BCUT2D eigenvalue weighted by atomic mass is 16.5. The van der Waals surface area contributed by atoms with Crippen LogP contribution in [0.25, 0.3) is 0 Å². The SMILES string of the molecule is CCNc1c(C=N)cc(NC(=O)NC(C)c2ccccc2)nc1OC. The third-order valence-corrected chi connectivity index (χ3v) is 3.61. The van der Waals surface area contributed by atoms with E-state index in [2.05, 4.69) is 20.9 Å². The first-order valence-electron chi connectivity index (χ1n) is 8.04. The minimum Gasteiger partial charge on any atom is -0.479 e. The van der Waals surface area contributed by atoms with Crippen molar-refractivity contribution in [2.45, 2.75) is 19.9 Å². The summed E-state index contributed by atoms with van der Waals surface area (Å²) >= 11 is 0. The number of aromatic nitrogens is 1. The predicted octanol–water partition coefficient (Wildman–Crippen LogP) is 3.40. The van der Waals surface area contributed by atoms with Gasteiger partial charge in [-0.1, -0.05) is 30.3 Å². The molecule has 1 atom stereocenters. The Morgan fingerprint density at radius 1 is 1.36 bits per heavy atom. The molecule has 7 nitrogen and oxygen atoms in total. The van der Waals surface area contributed by atoms with Gasteiger partial charge < -0.3 is 20.8 Å². The second-order valence-electron chi connectivity index (χ2n) is 5.39. The molecule has 0 aliphatic carbocycles. The predicted molar refractivity (Wildman–Crippen MR) is 99.8 cm³/mol. The van der Waals surface area contributed by atoms with Gasteiger partial charge in [-0.05, 0) is 25.5 Å². The Balaban J connectivity index is 2.13. The van der Waals surface area contributed by atoms with Crippen LogP contribution in [0.2, 0.25) is 0 Å². The lowest BCUT2D eigenvalue weighted by molar-refractivity contribution is 0.249. The van der Waals surface area contributed by atoms with Crippen LogP contribution in [0.15, 0.2) is 36.4 Å². The number of nitrogens with zero attached hydrogens (tertiary/aromatic N) is 1. The summed E-state index contributed by atoms with van der Waals surface area (Å²) in [5.41, 5.74) is 2.22. The first-order chi connectivity index (χ1) is 12.1. The topological polar surface area (TPSA) is 99.1 Å². The lowest BCUT2D eigenvalue weighted by atomic mass is 10.1. The maximum absolute atomic E-state index is 12.2. The summed E-state index contributed by atoms with van der Waals surface area (Å²) in [6.07, 6.45) is 1.19.